The number of rotatable bonds is 3. The lowest BCUT2D eigenvalue weighted by molar-refractivity contribution is 0.0785. The van der Waals surface area contributed by atoms with Crippen LogP contribution in [0.4, 0.5) is 0 Å². The molecule has 0 N–H and O–H groups in total. The molecule has 2 aromatic rings. The largest absolute Gasteiger partial charge is 0.337 e. The second-order valence-electron chi connectivity index (χ2n) is 4.05. The summed E-state index contributed by atoms with van der Waals surface area (Å²) in [6, 6.07) is 7.28. The Labute approximate surface area is 139 Å². The summed E-state index contributed by atoms with van der Waals surface area (Å²) in [5.74, 6) is 0.00485. The van der Waals surface area contributed by atoms with Crippen LogP contribution < -0.4 is 0 Å². The highest BCUT2D eigenvalue weighted by atomic mass is 127. The molecule has 2 nitrogen and oxygen atoms in total. The van der Waals surface area contributed by atoms with E-state index in [1.54, 1.807) is 35.4 Å². The summed E-state index contributed by atoms with van der Waals surface area (Å²) < 4.78 is 1.10. The van der Waals surface area contributed by atoms with E-state index in [-0.39, 0.29) is 5.91 Å². The van der Waals surface area contributed by atoms with Crippen LogP contribution in [0.5, 0.6) is 0 Å². The maximum absolute atomic E-state index is 12.2. The Balaban J connectivity index is 2.10. The van der Waals surface area contributed by atoms with E-state index < -0.39 is 0 Å². The van der Waals surface area contributed by atoms with Gasteiger partial charge in [0.2, 0.25) is 0 Å². The minimum atomic E-state index is 0.00485. The molecular formula is C13H10Cl2INOS. The van der Waals surface area contributed by atoms with E-state index in [0.29, 0.717) is 16.6 Å². The summed E-state index contributed by atoms with van der Waals surface area (Å²) in [6.45, 7) is 0.502. The lowest BCUT2D eigenvalue weighted by atomic mass is 10.2. The van der Waals surface area contributed by atoms with Crippen molar-refractivity contribution in [1.82, 2.24) is 4.90 Å². The van der Waals surface area contributed by atoms with Crippen molar-refractivity contribution >= 4 is 63.0 Å². The predicted molar refractivity (Wildman–Crippen MR) is 89.3 cm³/mol. The van der Waals surface area contributed by atoms with Crippen LogP contribution >= 0.6 is 57.1 Å². The third-order valence-corrected chi connectivity index (χ3v) is 5.09. The molecule has 6 heteroatoms. The SMILES string of the molecule is CN(Cc1ccc(Cl)c(Cl)c1)C(=O)c1csc(I)c1. The summed E-state index contributed by atoms with van der Waals surface area (Å²) in [4.78, 5) is 13.8. The molecule has 1 heterocycles. The third kappa shape index (κ3) is 3.84. The van der Waals surface area contributed by atoms with Gasteiger partial charge in [0.15, 0.2) is 0 Å². The molecule has 1 aromatic heterocycles. The average molecular weight is 426 g/mol. The Bertz CT molecular complexity index is 614. The Hall–Kier alpha value is -0.300. The molecule has 0 bridgehead atoms. The van der Waals surface area contributed by atoms with Gasteiger partial charge in [-0.1, -0.05) is 29.3 Å². The van der Waals surface area contributed by atoms with Crippen molar-refractivity contribution in [2.75, 3.05) is 7.05 Å². The average Bonchev–Trinajstić information content (AvgIpc) is 2.79. The van der Waals surface area contributed by atoms with Crippen LogP contribution in [0.25, 0.3) is 0 Å². The molecule has 0 atom stereocenters. The minimum Gasteiger partial charge on any atom is -0.337 e. The third-order valence-electron chi connectivity index (χ3n) is 2.56. The predicted octanol–water partition coefficient (Wildman–Crippen LogP) is 4.93. The molecule has 100 valence electrons. The van der Waals surface area contributed by atoms with Gasteiger partial charge in [0.1, 0.15) is 0 Å². The quantitative estimate of drug-likeness (QED) is 0.638. The van der Waals surface area contributed by atoms with Crippen molar-refractivity contribution in [2.24, 2.45) is 0 Å². The van der Waals surface area contributed by atoms with E-state index in [0.717, 1.165) is 14.0 Å². The molecule has 0 aliphatic carbocycles. The number of nitrogens with zero attached hydrogens (tertiary/aromatic N) is 1. The van der Waals surface area contributed by atoms with Crippen LogP contribution in [-0.2, 0) is 6.54 Å². The van der Waals surface area contributed by atoms with Gasteiger partial charge in [-0.2, -0.15) is 0 Å². The smallest absolute Gasteiger partial charge is 0.254 e. The van der Waals surface area contributed by atoms with E-state index in [9.17, 15) is 4.79 Å². The van der Waals surface area contributed by atoms with Gasteiger partial charge in [0.25, 0.3) is 5.91 Å². The Kier molecular flexibility index (Phi) is 5.11. The molecule has 0 aliphatic heterocycles. The van der Waals surface area contributed by atoms with Crippen molar-refractivity contribution in [1.29, 1.82) is 0 Å². The van der Waals surface area contributed by atoms with Crippen LogP contribution in [0.15, 0.2) is 29.6 Å². The summed E-state index contributed by atoms with van der Waals surface area (Å²) in [6.07, 6.45) is 0. The first kappa shape index (κ1) is 15.1. The first-order chi connectivity index (χ1) is 8.97. The van der Waals surface area contributed by atoms with Gasteiger partial charge in [-0.25, -0.2) is 0 Å². The van der Waals surface area contributed by atoms with Crippen LogP contribution in [0, 0.1) is 2.88 Å². The number of halogens is 3. The Morgan fingerprint density at radius 2 is 2.05 bits per heavy atom. The summed E-state index contributed by atoms with van der Waals surface area (Å²) >= 11 is 15.6. The number of amides is 1. The highest BCUT2D eigenvalue weighted by molar-refractivity contribution is 14.1. The lowest BCUT2D eigenvalue weighted by Gasteiger charge is -2.16. The molecule has 0 fully saturated rings. The molecule has 1 aromatic carbocycles. The molecule has 0 saturated heterocycles. The van der Waals surface area contributed by atoms with E-state index >= 15 is 0 Å². The number of hydrogen-bond donors (Lipinski definition) is 0. The topological polar surface area (TPSA) is 20.3 Å². The maximum Gasteiger partial charge on any atom is 0.254 e. The zero-order valence-corrected chi connectivity index (χ0v) is 14.5. The molecule has 19 heavy (non-hydrogen) atoms. The summed E-state index contributed by atoms with van der Waals surface area (Å²) in [7, 11) is 1.77. The van der Waals surface area contributed by atoms with Crippen molar-refractivity contribution in [3.8, 4) is 0 Å². The Morgan fingerprint density at radius 1 is 1.32 bits per heavy atom. The van der Waals surface area contributed by atoms with Crippen molar-refractivity contribution in [2.45, 2.75) is 6.54 Å². The van der Waals surface area contributed by atoms with Crippen molar-refractivity contribution in [3.05, 3.63) is 53.7 Å². The fraction of sp³-hybridized carbons (Fsp3) is 0.154. The first-order valence-electron chi connectivity index (χ1n) is 5.41. The fourth-order valence-corrected chi connectivity index (χ4v) is 3.27. The number of hydrogen-bond acceptors (Lipinski definition) is 2. The minimum absolute atomic E-state index is 0.00485. The van der Waals surface area contributed by atoms with E-state index in [1.165, 1.54) is 0 Å². The van der Waals surface area contributed by atoms with Crippen LogP contribution in [-0.4, -0.2) is 17.9 Å². The number of benzene rings is 1. The van der Waals surface area contributed by atoms with Crippen LogP contribution in [0.3, 0.4) is 0 Å². The second kappa shape index (κ2) is 6.43. The van der Waals surface area contributed by atoms with Crippen LogP contribution in [0.1, 0.15) is 15.9 Å². The van der Waals surface area contributed by atoms with E-state index in [2.05, 4.69) is 22.6 Å². The summed E-state index contributed by atoms with van der Waals surface area (Å²) in [5.41, 5.74) is 1.67. The fourth-order valence-electron chi connectivity index (χ4n) is 1.63. The number of carbonyl (C=O) groups excluding carboxylic acids is 1. The number of carbonyl (C=O) groups is 1. The second-order valence-corrected chi connectivity index (χ2v) is 7.67. The lowest BCUT2D eigenvalue weighted by Crippen LogP contribution is -2.25. The monoisotopic (exact) mass is 425 g/mol. The van der Waals surface area contributed by atoms with E-state index in [4.69, 9.17) is 23.2 Å². The highest BCUT2D eigenvalue weighted by Crippen LogP contribution is 2.24. The van der Waals surface area contributed by atoms with Gasteiger partial charge in [-0.3, -0.25) is 4.79 Å². The first-order valence-corrected chi connectivity index (χ1v) is 8.12. The number of thiophene rings is 1. The highest BCUT2D eigenvalue weighted by Gasteiger charge is 2.14. The zero-order chi connectivity index (χ0) is 14.0. The van der Waals surface area contributed by atoms with E-state index in [1.807, 2.05) is 17.5 Å². The van der Waals surface area contributed by atoms with Crippen molar-refractivity contribution < 1.29 is 4.79 Å². The van der Waals surface area contributed by atoms with Gasteiger partial charge in [0.05, 0.1) is 18.5 Å². The molecule has 0 radical (unpaired) electrons. The maximum atomic E-state index is 12.2. The zero-order valence-electron chi connectivity index (χ0n) is 9.99. The van der Waals surface area contributed by atoms with Gasteiger partial charge < -0.3 is 4.90 Å². The van der Waals surface area contributed by atoms with Gasteiger partial charge in [-0.15, -0.1) is 11.3 Å². The van der Waals surface area contributed by atoms with Gasteiger partial charge in [-0.05, 0) is 46.4 Å². The Morgan fingerprint density at radius 3 is 2.63 bits per heavy atom. The normalized spacial score (nSPS) is 10.5. The van der Waals surface area contributed by atoms with Crippen molar-refractivity contribution in [3.63, 3.8) is 0 Å². The van der Waals surface area contributed by atoms with Gasteiger partial charge >= 0.3 is 0 Å². The van der Waals surface area contributed by atoms with Crippen LogP contribution in [0.2, 0.25) is 10.0 Å². The molecule has 2 rings (SSSR count). The molecule has 0 aliphatic rings. The standard InChI is InChI=1S/C13H10Cl2INOS/c1-17(13(18)9-5-12(16)19-7-9)6-8-2-3-10(14)11(15)4-8/h2-5,7H,6H2,1H3. The molecule has 1 amide bonds. The molecular weight excluding hydrogens is 416 g/mol. The summed E-state index contributed by atoms with van der Waals surface area (Å²) in [5, 5.41) is 2.90. The molecule has 0 spiro atoms. The molecule has 0 unspecified atom stereocenters. The molecule has 0 saturated carbocycles. The van der Waals surface area contributed by atoms with Gasteiger partial charge in [0, 0.05) is 19.0 Å².